The molecule has 0 spiro atoms. The second-order valence-electron chi connectivity index (χ2n) is 7.08. The van der Waals surface area contributed by atoms with Gasteiger partial charge in [0.15, 0.2) is 5.78 Å². The number of benzene rings is 2. The summed E-state index contributed by atoms with van der Waals surface area (Å²) < 4.78 is 16.9. The molecule has 30 heavy (non-hydrogen) atoms. The summed E-state index contributed by atoms with van der Waals surface area (Å²) in [7, 11) is 4.72. The number of carbonyl (C=O) groups excluding carboxylic acids is 1. The van der Waals surface area contributed by atoms with Gasteiger partial charge in [0.2, 0.25) is 0 Å². The van der Waals surface area contributed by atoms with Crippen LogP contribution >= 0.6 is 15.9 Å². The molecule has 0 amide bonds. The molecule has 1 fully saturated rings. The van der Waals surface area contributed by atoms with Crippen molar-refractivity contribution in [3.63, 3.8) is 0 Å². The van der Waals surface area contributed by atoms with Gasteiger partial charge in [-0.25, -0.2) is 0 Å². The molecule has 0 aliphatic carbocycles. The topological polar surface area (TPSA) is 60.4 Å². The molecule has 7 heteroatoms. The van der Waals surface area contributed by atoms with Gasteiger partial charge in [-0.05, 0) is 64.2 Å². The van der Waals surface area contributed by atoms with Crippen molar-refractivity contribution in [2.24, 2.45) is 4.99 Å². The Labute approximate surface area is 186 Å². The zero-order valence-electron chi connectivity index (χ0n) is 17.6. The quantitative estimate of drug-likeness (QED) is 0.502. The molecular formula is C23H27BrN2O4. The second kappa shape index (κ2) is 10.6. The highest BCUT2D eigenvalue weighted by atomic mass is 79.9. The number of carbonyl (C=O) groups is 1. The van der Waals surface area contributed by atoms with Gasteiger partial charge in [0.1, 0.15) is 28.6 Å². The van der Waals surface area contributed by atoms with Crippen LogP contribution in [0.15, 0.2) is 45.9 Å². The van der Waals surface area contributed by atoms with E-state index in [2.05, 4.69) is 38.0 Å². The fourth-order valence-corrected chi connectivity index (χ4v) is 4.13. The number of rotatable bonds is 9. The van der Waals surface area contributed by atoms with Crippen molar-refractivity contribution in [2.45, 2.75) is 18.9 Å². The van der Waals surface area contributed by atoms with Crippen LogP contribution < -0.4 is 14.4 Å². The average Bonchev–Trinajstić information content (AvgIpc) is 3.30. The zero-order valence-corrected chi connectivity index (χ0v) is 19.1. The van der Waals surface area contributed by atoms with Crippen molar-refractivity contribution in [3.8, 4) is 11.5 Å². The second-order valence-corrected chi connectivity index (χ2v) is 7.87. The molecule has 3 rings (SSSR count). The average molecular weight is 475 g/mol. The summed E-state index contributed by atoms with van der Waals surface area (Å²) in [6, 6.07) is 11.7. The third kappa shape index (κ3) is 5.21. The van der Waals surface area contributed by atoms with Crippen LogP contribution in [0.1, 0.15) is 30.1 Å². The van der Waals surface area contributed by atoms with E-state index in [0.29, 0.717) is 11.5 Å². The number of aliphatic imine (C=N–C) groups is 1. The van der Waals surface area contributed by atoms with Gasteiger partial charge in [-0.3, -0.25) is 9.79 Å². The van der Waals surface area contributed by atoms with Crippen molar-refractivity contribution >= 4 is 33.6 Å². The Morgan fingerprint density at radius 3 is 2.23 bits per heavy atom. The molecule has 0 bridgehead atoms. The third-order valence-electron chi connectivity index (χ3n) is 5.15. The van der Waals surface area contributed by atoms with E-state index in [1.54, 1.807) is 27.5 Å². The van der Waals surface area contributed by atoms with Crippen molar-refractivity contribution < 1.29 is 19.0 Å². The summed E-state index contributed by atoms with van der Waals surface area (Å²) in [6.07, 6.45) is 3.46. The summed E-state index contributed by atoms with van der Waals surface area (Å²) in [6.45, 7) is 2.20. The number of ether oxygens (including phenoxy) is 3. The number of nitrogens with zero attached hydrogens (tertiary/aromatic N) is 2. The molecule has 1 unspecified atom stereocenters. The van der Waals surface area contributed by atoms with Gasteiger partial charge in [-0.1, -0.05) is 12.1 Å². The van der Waals surface area contributed by atoms with E-state index in [9.17, 15) is 4.79 Å². The third-order valence-corrected chi connectivity index (χ3v) is 5.93. The van der Waals surface area contributed by atoms with E-state index in [4.69, 9.17) is 14.2 Å². The van der Waals surface area contributed by atoms with Crippen LogP contribution in [0.2, 0.25) is 0 Å². The van der Waals surface area contributed by atoms with E-state index in [-0.39, 0.29) is 12.3 Å². The van der Waals surface area contributed by atoms with Crippen molar-refractivity contribution in [1.82, 2.24) is 0 Å². The molecule has 1 heterocycles. The first-order chi connectivity index (χ1) is 14.6. The van der Waals surface area contributed by atoms with Gasteiger partial charge in [-0.15, -0.1) is 0 Å². The van der Waals surface area contributed by atoms with Gasteiger partial charge >= 0.3 is 0 Å². The number of hydrogen-bond donors (Lipinski definition) is 0. The van der Waals surface area contributed by atoms with Crippen molar-refractivity contribution in [2.75, 3.05) is 45.9 Å². The van der Waals surface area contributed by atoms with Gasteiger partial charge in [-0.2, -0.15) is 0 Å². The van der Waals surface area contributed by atoms with Crippen LogP contribution in [0, 0.1) is 0 Å². The number of halogens is 1. The lowest BCUT2D eigenvalue weighted by Crippen LogP contribution is -2.19. The fourth-order valence-electron chi connectivity index (χ4n) is 3.58. The SMILES string of the molecule is COc1cc(C=NCC(=O)C(OC)c2ccc(N3CCCC3)cc2)cc(OC)c1Br. The van der Waals surface area contributed by atoms with Crippen LogP contribution in [-0.4, -0.2) is 53.0 Å². The molecule has 1 aliphatic heterocycles. The van der Waals surface area contributed by atoms with E-state index >= 15 is 0 Å². The zero-order chi connectivity index (χ0) is 21.5. The molecule has 1 atom stereocenters. The Morgan fingerprint density at radius 2 is 1.70 bits per heavy atom. The Bertz CT molecular complexity index is 868. The molecule has 6 nitrogen and oxygen atoms in total. The first kappa shape index (κ1) is 22.3. The fraction of sp³-hybridized carbons (Fsp3) is 0.391. The van der Waals surface area contributed by atoms with Crippen LogP contribution in [0.3, 0.4) is 0 Å². The molecule has 1 saturated heterocycles. The first-order valence-corrected chi connectivity index (χ1v) is 10.7. The maximum absolute atomic E-state index is 12.7. The number of ketones is 1. The minimum Gasteiger partial charge on any atom is -0.495 e. The normalized spacial score (nSPS) is 14.9. The maximum Gasteiger partial charge on any atom is 0.187 e. The van der Waals surface area contributed by atoms with Gasteiger partial charge in [0.05, 0.1) is 14.2 Å². The molecule has 0 radical (unpaired) electrons. The Balaban J connectivity index is 1.66. The van der Waals surface area contributed by atoms with E-state index in [1.165, 1.54) is 18.5 Å². The molecule has 160 valence electrons. The highest BCUT2D eigenvalue weighted by Gasteiger charge is 2.20. The number of hydrogen-bond acceptors (Lipinski definition) is 6. The minimum absolute atomic E-state index is 0.0209. The van der Waals surface area contributed by atoms with Crippen molar-refractivity contribution in [3.05, 3.63) is 52.0 Å². The summed E-state index contributed by atoms with van der Waals surface area (Å²) in [5, 5.41) is 0. The minimum atomic E-state index is -0.635. The lowest BCUT2D eigenvalue weighted by atomic mass is 10.0. The summed E-state index contributed by atoms with van der Waals surface area (Å²) >= 11 is 3.44. The van der Waals surface area contributed by atoms with Gasteiger partial charge in [0.25, 0.3) is 0 Å². The predicted molar refractivity (Wildman–Crippen MR) is 122 cm³/mol. The maximum atomic E-state index is 12.7. The number of Topliss-reactive ketones (excluding diaryl/α,β-unsaturated/α-hetero) is 1. The first-order valence-electron chi connectivity index (χ1n) is 9.89. The van der Waals surface area contributed by atoms with Crippen LogP contribution in [0.5, 0.6) is 11.5 Å². The number of methoxy groups -OCH3 is 3. The molecule has 0 saturated carbocycles. The Morgan fingerprint density at radius 1 is 1.10 bits per heavy atom. The lowest BCUT2D eigenvalue weighted by molar-refractivity contribution is -0.127. The van der Waals surface area contributed by atoms with Crippen LogP contribution in [0.4, 0.5) is 5.69 Å². The molecule has 2 aromatic carbocycles. The van der Waals surface area contributed by atoms with Crippen molar-refractivity contribution in [1.29, 1.82) is 0 Å². The van der Waals surface area contributed by atoms with E-state index in [0.717, 1.165) is 28.7 Å². The molecule has 0 aromatic heterocycles. The lowest BCUT2D eigenvalue weighted by Gasteiger charge is -2.19. The highest BCUT2D eigenvalue weighted by molar-refractivity contribution is 9.10. The van der Waals surface area contributed by atoms with E-state index in [1.807, 2.05) is 24.3 Å². The predicted octanol–water partition coefficient (Wildman–Crippen LogP) is 4.44. The van der Waals surface area contributed by atoms with Gasteiger partial charge < -0.3 is 19.1 Å². The molecule has 0 N–H and O–H groups in total. The molecule has 2 aromatic rings. The smallest absolute Gasteiger partial charge is 0.187 e. The monoisotopic (exact) mass is 474 g/mol. The van der Waals surface area contributed by atoms with E-state index < -0.39 is 6.10 Å². The van der Waals surface area contributed by atoms with Crippen LogP contribution in [-0.2, 0) is 9.53 Å². The molecule has 1 aliphatic rings. The van der Waals surface area contributed by atoms with Gasteiger partial charge in [0, 0.05) is 32.1 Å². The highest BCUT2D eigenvalue weighted by Crippen LogP contribution is 2.35. The Hall–Kier alpha value is -2.38. The summed E-state index contributed by atoms with van der Waals surface area (Å²) in [4.78, 5) is 19.4. The standard InChI is InChI=1S/C23H27BrN2O4/c1-28-20-12-16(13-21(29-2)22(20)24)14-25-15-19(27)23(30-3)17-6-8-18(9-7-17)26-10-4-5-11-26/h6-9,12-14,23H,4-5,10-11,15H2,1-3H3. The Kier molecular flexibility index (Phi) is 7.87. The summed E-state index contributed by atoms with van der Waals surface area (Å²) in [5.41, 5.74) is 2.81. The van der Waals surface area contributed by atoms with Crippen LogP contribution in [0.25, 0.3) is 0 Å². The number of anilines is 1. The largest absolute Gasteiger partial charge is 0.495 e. The molecular weight excluding hydrogens is 448 g/mol. The summed E-state index contributed by atoms with van der Waals surface area (Å²) in [5.74, 6) is 1.17.